The number of nitrogens with two attached hydrogens (primary N) is 1. The van der Waals surface area contributed by atoms with E-state index in [1.165, 1.54) is 24.3 Å². The fourth-order valence-corrected chi connectivity index (χ4v) is 5.48. The highest BCUT2D eigenvalue weighted by Gasteiger charge is 2.40. The van der Waals surface area contributed by atoms with Crippen LogP contribution >= 0.6 is 12.2 Å². The molecule has 0 aromatic heterocycles. The lowest BCUT2D eigenvalue weighted by atomic mass is 10.0. The van der Waals surface area contributed by atoms with E-state index in [0.29, 0.717) is 5.56 Å². The summed E-state index contributed by atoms with van der Waals surface area (Å²) in [4.78, 5) is 14.7. The van der Waals surface area contributed by atoms with Crippen molar-refractivity contribution in [1.29, 1.82) is 0 Å². The van der Waals surface area contributed by atoms with Crippen LogP contribution in [0.25, 0.3) is 0 Å². The first-order valence-electron chi connectivity index (χ1n) is 10.9. The Morgan fingerprint density at radius 2 is 1.71 bits per heavy atom. The molecule has 0 saturated carbocycles. The Morgan fingerprint density at radius 1 is 1.11 bits per heavy atom. The number of halogens is 3. The second kappa shape index (κ2) is 10.5. The Balaban J connectivity index is 1.80. The zero-order valence-corrected chi connectivity index (χ0v) is 20.9. The number of carbonyl (C=O) groups is 1. The molecule has 1 aliphatic heterocycles. The van der Waals surface area contributed by atoms with Crippen LogP contribution in [0.1, 0.15) is 36.5 Å². The first-order valence-corrected chi connectivity index (χ1v) is 12.8. The molecule has 1 aliphatic rings. The molecule has 1 heterocycles. The minimum absolute atomic E-state index is 0.00995. The maximum Gasteiger partial charge on any atom is 0.416 e. The quantitative estimate of drug-likeness (QED) is 0.560. The van der Waals surface area contributed by atoms with Gasteiger partial charge in [-0.1, -0.05) is 38.1 Å². The summed E-state index contributed by atoms with van der Waals surface area (Å²) in [5.41, 5.74) is 6.34. The van der Waals surface area contributed by atoms with Gasteiger partial charge in [-0.2, -0.15) is 17.5 Å². The van der Waals surface area contributed by atoms with E-state index < -0.39 is 33.7 Å². The third-order valence-corrected chi connectivity index (χ3v) is 8.03. The van der Waals surface area contributed by atoms with Crippen LogP contribution in [0.4, 0.5) is 13.2 Å². The number of rotatable bonds is 6. The van der Waals surface area contributed by atoms with Gasteiger partial charge >= 0.3 is 6.18 Å². The molecule has 0 radical (unpaired) electrons. The maximum absolute atomic E-state index is 13.4. The lowest BCUT2D eigenvalue weighted by molar-refractivity contribution is -0.137. The van der Waals surface area contributed by atoms with Crippen LogP contribution in [0.5, 0.6) is 0 Å². The summed E-state index contributed by atoms with van der Waals surface area (Å²) >= 11 is 5.01. The van der Waals surface area contributed by atoms with Gasteiger partial charge in [0.15, 0.2) is 5.11 Å². The van der Waals surface area contributed by atoms with Crippen molar-refractivity contribution in [2.45, 2.75) is 43.4 Å². The van der Waals surface area contributed by atoms with Crippen molar-refractivity contribution in [2.75, 3.05) is 19.6 Å². The summed E-state index contributed by atoms with van der Waals surface area (Å²) in [5.74, 6) is -0.377. The zero-order chi connectivity index (χ0) is 26.0. The second-order valence-electron chi connectivity index (χ2n) is 8.55. The summed E-state index contributed by atoms with van der Waals surface area (Å²) in [6.45, 7) is 4.09. The Bertz CT molecular complexity index is 1170. The Labute approximate surface area is 208 Å². The molecule has 1 fully saturated rings. The van der Waals surface area contributed by atoms with Gasteiger partial charge in [-0.25, -0.2) is 8.42 Å². The predicted octanol–water partition coefficient (Wildman–Crippen LogP) is 3.06. The van der Waals surface area contributed by atoms with Gasteiger partial charge in [0, 0.05) is 26.2 Å². The maximum atomic E-state index is 13.4. The van der Waals surface area contributed by atoms with E-state index in [0.717, 1.165) is 22.0 Å². The standard InChI is InChI=1S/C23H27F3N4O3S2/c1-15(2)17-5-9-19(10-6-17)35(32,33)30-12-11-29(22(27)34)14-20(30)21(31)28-13-16-3-7-18(8-4-16)23(24,25)26/h3-10,15,20H,11-14H2,1-2H3,(H2,27,34)(H,28,31). The van der Waals surface area contributed by atoms with Crippen molar-refractivity contribution in [2.24, 2.45) is 5.73 Å². The van der Waals surface area contributed by atoms with Crippen LogP contribution < -0.4 is 11.1 Å². The van der Waals surface area contributed by atoms with Gasteiger partial charge in [-0.3, -0.25) is 4.79 Å². The number of amides is 1. The summed E-state index contributed by atoms with van der Waals surface area (Å²) in [6, 6.07) is 9.75. The molecule has 190 valence electrons. The van der Waals surface area contributed by atoms with E-state index in [4.69, 9.17) is 18.0 Å². The third kappa shape index (κ3) is 6.30. The smallest absolute Gasteiger partial charge is 0.376 e. The van der Waals surface area contributed by atoms with E-state index in [1.807, 2.05) is 13.8 Å². The number of nitrogens with one attached hydrogen (secondary N) is 1. The Morgan fingerprint density at radius 3 is 2.23 bits per heavy atom. The number of alkyl halides is 3. The van der Waals surface area contributed by atoms with Crippen molar-refractivity contribution in [3.8, 4) is 0 Å². The molecular weight excluding hydrogens is 501 g/mol. The molecule has 7 nitrogen and oxygen atoms in total. The highest BCUT2D eigenvalue weighted by Crippen LogP contribution is 2.29. The monoisotopic (exact) mass is 528 g/mol. The van der Waals surface area contributed by atoms with Crippen molar-refractivity contribution in [3.63, 3.8) is 0 Å². The van der Waals surface area contributed by atoms with Crippen LogP contribution in [0.2, 0.25) is 0 Å². The summed E-state index contributed by atoms with van der Waals surface area (Å²) in [6.07, 6.45) is -4.46. The lowest BCUT2D eigenvalue weighted by Gasteiger charge is -2.39. The first-order chi connectivity index (χ1) is 16.3. The summed E-state index contributed by atoms with van der Waals surface area (Å²) in [5, 5.41) is 2.67. The number of piperazine rings is 1. The molecule has 1 atom stereocenters. The molecule has 1 amide bonds. The Hall–Kier alpha value is -2.70. The van der Waals surface area contributed by atoms with Crippen LogP contribution in [-0.4, -0.2) is 54.3 Å². The molecule has 0 aliphatic carbocycles. The van der Waals surface area contributed by atoms with Crippen LogP contribution in [0.15, 0.2) is 53.4 Å². The third-order valence-electron chi connectivity index (χ3n) is 5.85. The number of thiocarbonyl (C=S) groups is 1. The van der Waals surface area contributed by atoms with Gasteiger partial charge in [0.05, 0.1) is 10.5 Å². The fourth-order valence-electron chi connectivity index (χ4n) is 3.75. The molecule has 2 aromatic rings. The van der Waals surface area contributed by atoms with Crippen molar-refractivity contribution >= 4 is 33.3 Å². The number of hydrogen-bond donors (Lipinski definition) is 2. The van der Waals surface area contributed by atoms with Crippen LogP contribution in [-0.2, 0) is 27.5 Å². The highest BCUT2D eigenvalue weighted by molar-refractivity contribution is 7.89. The number of benzene rings is 2. The number of hydrogen-bond acceptors (Lipinski definition) is 4. The summed E-state index contributed by atoms with van der Waals surface area (Å²) < 4.78 is 66.3. The molecule has 1 unspecified atom stereocenters. The topological polar surface area (TPSA) is 95.7 Å². The van der Waals surface area contributed by atoms with Crippen molar-refractivity contribution < 1.29 is 26.4 Å². The minimum atomic E-state index is -4.46. The minimum Gasteiger partial charge on any atom is -0.376 e. The first kappa shape index (κ1) is 26.9. The Kier molecular flexibility index (Phi) is 8.07. The number of carbonyl (C=O) groups excluding carboxylic acids is 1. The second-order valence-corrected chi connectivity index (χ2v) is 10.9. The average Bonchev–Trinajstić information content (AvgIpc) is 2.81. The zero-order valence-electron chi connectivity index (χ0n) is 19.2. The molecule has 12 heteroatoms. The number of nitrogens with zero attached hydrogens (tertiary/aromatic N) is 2. The molecular formula is C23H27F3N4O3S2. The van der Waals surface area contributed by atoms with E-state index in [-0.39, 0.29) is 42.1 Å². The van der Waals surface area contributed by atoms with Gasteiger partial charge < -0.3 is 16.0 Å². The molecule has 35 heavy (non-hydrogen) atoms. The van der Waals surface area contributed by atoms with Gasteiger partial charge in [0.1, 0.15) is 6.04 Å². The average molecular weight is 529 g/mol. The predicted molar refractivity (Wildman–Crippen MR) is 130 cm³/mol. The molecule has 1 saturated heterocycles. The summed E-state index contributed by atoms with van der Waals surface area (Å²) in [7, 11) is -4.02. The number of sulfonamides is 1. The molecule has 3 rings (SSSR count). The SMILES string of the molecule is CC(C)c1ccc(S(=O)(=O)N2CCN(C(N)=S)CC2C(=O)NCc2ccc(C(F)(F)F)cc2)cc1. The molecule has 0 spiro atoms. The largest absolute Gasteiger partial charge is 0.416 e. The molecule has 0 bridgehead atoms. The van der Waals surface area contributed by atoms with Gasteiger partial charge in [0.25, 0.3) is 0 Å². The van der Waals surface area contributed by atoms with Gasteiger partial charge in [-0.15, -0.1) is 0 Å². The molecule has 3 N–H and O–H groups in total. The van der Waals surface area contributed by atoms with Crippen LogP contribution in [0.3, 0.4) is 0 Å². The van der Waals surface area contributed by atoms with E-state index in [2.05, 4.69) is 5.32 Å². The normalized spacial score (nSPS) is 17.4. The van der Waals surface area contributed by atoms with E-state index in [9.17, 15) is 26.4 Å². The van der Waals surface area contributed by atoms with Gasteiger partial charge in [0.2, 0.25) is 15.9 Å². The molecule has 2 aromatic carbocycles. The highest BCUT2D eigenvalue weighted by atomic mass is 32.2. The lowest BCUT2D eigenvalue weighted by Crippen LogP contribution is -2.62. The van der Waals surface area contributed by atoms with Crippen LogP contribution in [0, 0.1) is 0 Å². The van der Waals surface area contributed by atoms with E-state index >= 15 is 0 Å². The van der Waals surface area contributed by atoms with E-state index in [1.54, 1.807) is 17.0 Å². The van der Waals surface area contributed by atoms with Crippen molar-refractivity contribution in [3.05, 3.63) is 65.2 Å². The van der Waals surface area contributed by atoms with Gasteiger partial charge in [-0.05, 0) is 53.5 Å². The fraction of sp³-hybridized carbons (Fsp3) is 0.391. The van der Waals surface area contributed by atoms with Crippen molar-refractivity contribution in [1.82, 2.24) is 14.5 Å².